The van der Waals surface area contributed by atoms with Gasteiger partial charge in [0.1, 0.15) is 11.0 Å². The Bertz CT molecular complexity index is 449. The zero-order valence-corrected chi connectivity index (χ0v) is 9.31. The molecule has 2 aromatic heterocycles. The highest BCUT2D eigenvalue weighted by Gasteiger charge is 2.10. The van der Waals surface area contributed by atoms with Gasteiger partial charge in [0.05, 0.1) is 24.1 Å². The van der Waals surface area contributed by atoms with E-state index < -0.39 is 0 Å². The van der Waals surface area contributed by atoms with Crippen molar-refractivity contribution < 1.29 is 0 Å². The number of aryl methyl sites for hydroxylation is 1. The van der Waals surface area contributed by atoms with Crippen molar-refractivity contribution >= 4 is 11.6 Å². The number of halogens is 1. The van der Waals surface area contributed by atoms with Gasteiger partial charge >= 0.3 is 0 Å². The monoisotopic (exact) mass is 222 g/mol. The fourth-order valence-corrected chi connectivity index (χ4v) is 1.58. The van der Waals surface area contributed by atoms with Crippen molar-refractivity contribution in [3.05, 3.63) is 41.5 Å². The van der Waals surface area contributed by atoms with Crippen LogP contribution in [0.5, 0.6) is 0 Å². The quantitative estimate of drug-likeness (QED) is 0.783. The molecule has 0 aliphatic rings. The second kappa shape index (κ2) is 3.98. The molecule has 0 aliphatic heterocycles. The molecule has 0 spiro atoms. The molecule has 78 valence electrons. The largest absolute Gasteiger partial charge is 0.326 e. The van der Waals surface area contributed by atoms with Gasteiger partial charge in [0, 0.05) is 12.4 Å². The van der Waals surface area contributed by atoms with E-state index >= 15 is 0 Å². The van der Waals surface area contributed by atoms with Crippen molar-refractivity contribution in [2.45, 2.75) is 19.9 Å². The fraction of sp³-hybridized carbons (Fsp3) is 0.300. The molecule has 2 aromatic rings. The van der Waals surface area contributed by atoms with Crippen LogP contribution in [0, 0.1) is 6.92 Å². The summed E-state index contributed by atoms with van der Waals surface area (Å²) in [6, 6.07) is 0.122. The van der Waals surface area contributed by atoms with Crippen molar-refractivity contribution in [1.29, 1.82) is 0 Å². The molecule has 0 fully saturated rings. The highest BCUT2D eigenvalue weighted by molar-refractivity contribution is 6.29. The third-order valence-corrected chi connectivity index (χ3v) is 2.54. The van der Waals surface area contributed by atoms with Crippen molar-refractivity contribution in [1.82, 2.24) is 19.5 Å². The van der Waals surface area contributed by atoms with Crippen LogP contribution in [0.4, 0.5) is 0 Å². The van der Waals surface area contributed by atoms with E-state index in [1.54, 1.807) is 18.6 Å². The number of nitrogens with zero attached hydrogens (tertiary/aromatic N) is 4. The first-order valence-corrected chi connectivity index (χ1v) is 5.03. The Balaban J connectivity index is 2.32. The maximum Gasteiger partial charge on any atom is 0.147 e. The lowest BCUT2D eigenvalue weighted by Gasteiger charge is -2.13. The van der Waals surface area contributed by atoms with Crippen LogP contribution in [0.2, 0.25) is 5.15 Å². The summed E-state index contributed by atoms with van der Waals surface area (Å²) in [5, 5.41) is 0.410. The molecule has 5 heteroatoms. The summed E-state index contributed by atoms with van der Waals surface area (Å²) >= 11 is 5.68. The molecular formula is C10H11ClN4. The third-order valence-electron chi connectivity index (χ3n) is 2.35. The Kier molecular flexibility index (Phi) is 2.68. The highest BCUT2D eigenvalue weighted by atomic mass is 35.5. The maximum absolute atomic E-state index is 5.68. The first-order chi connectivity index (χ1) is 7.18. The second-order valence-electron chi connectivity index (χ2n) is 3.32. The molecule has 4 nitrogen and oxygen atoms in total. The summed E-state index contributed by atoms with van der Waals surface area (Å²) in [6.45, 7) is 4.01. The zero-order valence-electron chi connectivity index (χ0n) is 8.55. The Morgan fingerprint density at radius 2 is 2.07 bits per heavy atom. The van der Waals surface area contributed by atoms with Gasteiger partial charge in [0.25, 0.3) is 0 Å². The van der Waals surface area contributed by atoms with E-state index in [1.165, 1.54) is 0 Å². The summed E-state index contributed by atoms with van der Waals surface area (Å²) in [5.74, 6) is 0.958. The number of aromatic nitrogens is 4. The molecule has 0 bridgehead atoms. The molecule has 1 atom stereocenters. The van der Waals surface area contributed by atoms with Crippen LogP contribution in [0.3, 0.4) is 0 Å². The number of hydrogen-bond acceptors (Lipinski definition) is 3. The van der Waals surface area contributed by atoms with Crippen LogP contribution in [-0.4, -0.2) is 19.5 Å². The van der Waals surface area contributed by atoms with Gasteiger partial charge in [-0.2, -0.15) is 0 Å². The minimum Gasteiger partial charge on any atom is -0.326 e. The van der Waals surface area contributed by atoms with Gasteiger partial charge in [-0.25, -0.2) is 9.97 Å². The molecule has 0 aliphatic carbocycles. The predicted octanol–water partition coefficient (Wildman–Crippen LogP) is 2.24. The molecule has 0 saturated heterocycles. The topological polar surface area (TPSA) is 43.6 Å². The van der Waals surface area contributed by atoms with E-state index in [0.717, 1.165) is 11.5 Å². The van der Waals surface area contributed by atoms with Crippen LogP contribution in [-0.2, 0) is 0 Å². The van der Waals surface area contributed by atoms with Crippen LogP contribution in [0.1, 0.15) is 24.5 Å². The average Bonchev–Trinajstić information content (AvgIpc) is 2.65. The summed E-state index contributed by atoms with van der Waals surface area (Å²) in [7, 11) is 0. The van der Waals surface area contributed by atoms with E-state index in [1.807, 2.05) is 24.6 Å². The summed E-state index contributed by atoms with van der Waals surface area (Å²) in [4.78, 5) is 12.4. The van der Waals surface area contributed by atoms with E-state index in [9.17, 15) is 0 Å². The smallest absolute Gasteiger partial charge is 0.147 e. The van der Waals surface area contributed by atoms with Crippen LogP contribution < -0.4 is 0 Å². The van der Waals surface area contributed by atoms with Crippen molar-refractivity contribution in [2.24, 2.45) is 0 Å². The van der Waals surface area contributed by atoms with Gasteiger partial charge in [0.2, 0.25) is 0 Å². The zero-order chi connectivity index (χ0) is 10.8. The molecule has 15 heavy (non-hydrogen) atoms. The van der Waals surface area contributed by atoms with Crippen LogP contribution in [0.15, 0.2) is 24.8 Å². The van der Waals surface area contributed by atoms with E-state index in [-0.39, 0.29) is 6.04 Å². The lowest BCUT2D eigenvalue weighted by molar-refractivity contribution is 0.599. The SMILES string of the molecule is Cc1nccn1C(C)c1cnc(Cl)cn1. The molecule has 0 saturated carbocycles. The lowest BCUT2D eigenvalue weighted by atomic mass is 10.2. The molecule has 0 N–H and O–H groups in total. The minimum absolute atomic E-state index is 0.122. The second-order valence-corrected chi connectivity index (χ2v) is 3.71. The van der Waals surface area contributed by atoms with E-state index in [4.69, 9.17) is 11.6 Å². The molecule has 2 heterocycles. The Hall–Kier alpha value is -1.42. The number of hydrogen-bond donors (Lipinski definition) is 0. The van der Waals surface area contributed by atoms with Crippen molar-refractivity contribution in [2.75, 3.05) is 0 Å². The molecule has 2 rings (SSSR count). The first-order valence-electron chi connectivity index (χ1n) is 4.65. The Morgan fingerprint density at radius 1 is 1.27 bits per heavy atom. The minimum atomic E-state index is 0.122. The standard InChI is InChI=1S/C10H11ClN4/c1-7(15-4-3-12-8(15)2)9-5-14-10(11)6-13-9/h3-7H,1-2H3. The first kappa shape index (κ1) is 10.1. The Morgan fingerprint density at radius 3 is 2.60 bits per heavy atom. The Labute approximate surface area is 93.0 Å². The van der Waals surface area contributed by atoms with E-state index in [2.05, 4.69) is 15.0 Å². The van der Waals surface area contributed by atoms with Crippen molar-refractivity contribution in [3.63, 3.8) is 0 Å². The lowest BCUT2D eigenvalue weighted by Crippen LogP contribution is -2.09. The molecule has 0 aromatic carbocycles. The third kappa shape index (κ3) is 1.99. The molecule has 1 unspecified atom stereocenters. The van der Waals surface area contributed by atoms with Crippen LogP contribution >= 0.6 is 11.6 Å². The maximum atomic E-state index is 5.68. The van der Waals surface area contributed by atoms with Gasteiger partial charge in [-0.1, -0.05) is 11.6 Å². The van der Waals surface area contributed by atoms with Gasteiger partial charge in [0.15, 0.2) is 0 Å². The van der Waals surface area contributed by atoms with E-state index in [0.29, 0.717) is 5.15 Å². The van der Waals surface area contributed by atoms with Gasteiger partial charge < -0.3 is 4.57 Å². The van der Waals surface area contributed by atoms with Crippen LogP contribution in [0.25, 0.3) is 0 Å². The van der Waals surface area contributed by atoms with Crippen molar-refractivity contribution in [3.8, 4) is 0 Å². The predicted molar refractivity (Wildman–Crippen MR) is 57.8 cm³/mol. The van der Waals surface area contributed by atoms with Gasteiger partial charge in [-0.05, 0) is 13.8 Å². The average molecular weight is 223 g/mol. The normalized spacial score (nSPS) is 12.7. The highest BCUT2D eigenvalue weighted by Crippen LogP contribution is 2.16. The fourth-order valence-electron chi connectivity index (χ4n) is 1.48. The summed E-state index contributed by atoms with van der Waals surface area (Å²) in [6.07, 6.45) is 6.94. The molecule has 0 amide bonds. The number of rotatable bonds is 2. The van der Waals surface area contributed by atoms with Gasteiger partial charge in [-0.15, -0.1) is 0 Å². The molecular weight excluding hydrogens is 212 g/mol. The summed E-state index contributed by atoms with van der Waals surface area (Å²) < 4.78 is 2.04. The number of imidazole rings is 1. The van der Waals surface area contributed by atoms with Gasteiger partial charge in [-0.3, -0.25) is 4.98 Å². The molecule has 0 radical (unpaired) electrons. The summed E-state index contributed by atoms with van der Waals surface area (Å²) in [5.41, 5.74) is 0.875.